The maximum absolute atomic E-state index is 14.4. The first kappa shape index (κ1) is 21.4. The number of piperazine rings is 1. The third kappa shape index (κ3) is 4.06. The van der Waals surface area contributed by atoms with E-state index in [0.29, 0.717) is 30.8 Å². The standard InChI is InChI=1S/C23H38FN5O2/c1-14-6-7-19(24)18-11-20(26-21(14)18)22(30)25-15-4-3-5-16(10-15)28-8-9-29-17(13-28)12-27(2)23(29)31/h14-21,26H,3-13H2,1-2H3,(H,25,30)/t14?,15-,16+,17+,18?,19?,20?,21?/m1/s1. The number of hydrogen-bond acceptors (Lipinski definition) is 4. The smallest absolute Gasteiger partial charge is 0.320 e. The van der Waals surface area contributed by atoms with Gasteiger partial charge in [-0.05, 0) is 50.9 Å². The Hall–Kier alpha value is -1.41. The Bertz CT molecular complexity index is 689. The molecule has 5 unspecified atom stereocenters. The second kappa shape index (κ2) is 8.50. The molecule has 0 aromatic carbocycles. The zero-order valence-electron chi connectivity index (χ0n) is 18.9. The normalized spacial score (nSPS) is 43.6. The van der Waals surface area contributed by atoms with E-state index in [9.17, 15) is 14.0 Å². The van der Waals surface area contributed by atoms with Gasteiger partial charge in [0.25, 0.3) is 0 Å². The predicted molar refractivity (Wildman–Crippen MR) is 116 cm³/mol. The lowest BCUT2D eigenvalue weighted by Crippen LogP contribution is -2.57. The third-order valence-electron chi connectivity index (χ3n) is 8.73. The van der Waals surface area contributed by atoms with Crippen LogP contribution in [0.5, 0.6) is 0 Å². The fraction of sp³-hybridized carbons (Fsp3) is 0.913. The van der Waals surface area contributed by atoms with Gasteiger partial charge in [0.05, 0.1) is 12.1 Å². The molecule has 0 aromatic rings. The number of fused-ring (bicyclic) bond motifs is 2. The van der Waals surface area contributed by atoms with Crippen LogP contribution in [0.2, 0.25) is 0 Å². The van der Waals surface area contributed by atoms with Gasteiger partial charge in [0.15, 0.2) is 0 Å². The van der Waals surface area contributed by atoms with Crippen LogP contribution in [0.4, 0.5) is 9.18 Å². The highest BCUT2D eigenvalue weighted by Gasteiger charge is 2.47. The predicted octanol–water partition coefficient (Wildman–Crippen LogP) is 1.58. The Morgan fingerprint density at radius 1 is 1.10 bits per heavy atom. The van der Waals surface area contributed by atoms with E-state index >= 15 is 0 Å². The molecule has 5 rings (SSSR count). The number of likely N-dealkylation sites (N-methyl/N-ethyl adjacent to an activating group) is 1. The summed E-state index contributed by atoms with van der Waals surface area (Å²) in [6.07, 6.45) is 5.68. The molecule has 3 aliphatic heterocycles. The summed E-state index contributed by atoms with van der Waals surface area (Å²) in [5.41, 5.74) is 0. The van der Waals surface area contributed by atoms with Crippen LogP contribution in [0, 0.1) is 11.8 Å². The summed E-state index contributed by atoms with van der Waals surface area (Å²) in [5, 5.41) is 6.77. The zero-order chi connectivity index (χ0) is 21.7. The fourth-order valence-corrected chi connectivity index (χ4v) is 6.96. The topological polar surface area (TPSA) is 67.9 Å². The molecule has 2 saturated carbocycles. The summed E-state index contributed by atoms with van der Waals surface area (Å²) < 4.78 is 14.4. The highest BCUT2D eigenvalue weighted by molar-refractivity contribution is 5.82. The molecule has 0 bridgehead atoms. The van der Waals surface area contributed by atoms with Crippen molar-refractivity contribution >= 4 is 11.9 Å². The number of carbonyl (C=O) groups is 2. The molecule has 2 aliphatic carbocycles. The molecule has 174 valence electrons. The lowest BCUT2D eigenvalue weighted by atomic mass is 9.77. The SMILES string of the molecule is CC1CCC(F)C2CC(C(=O)N[C@@H]3CCC[C@H](N4CCN5C(=O)N(C)C[C@H]5C4)C3)NC12. The van der Waals surface area contributed by atoms with Crippen molar-refractivity contribution in [2.24, 2.45) is 11.8 Å². The third-order valence-corrected chi connectivity index (χ3v) is 8.73. The second-order valence-corrected chi connectivity index (χ2v) is 10.7. The molecule has 0 radical (unpaired) electrons. The summed E-state index contributed by atoms with van der Waals surface area (Å²) >= 11 is 0. The number of amides is 3. The Morgan fingerprint density at radius 2 is 1.94 bits per heavy atom. The van der Waals surface area contributed by atoms with Gasteiger partial charge < -0.3 is 20.4 Å². The highest BCUT2D eigenvalue weighted by Crippen LogP contribution is 2.38. The maximum atomic E-state index is 14.4. The van der Waals surface area contributed by atoms with Gasteiger partial charge in [0.2, 0.25) is 5.91 Å². The lowest BCUT2D eigenvalue weighted by molar-refractivity contribution is -0.124. The molecular weight excluding hydrogens is 397 g/mol. The fourth-order valence-electron chi connectivity index (χ4n) is 6.96. The number of alkyl halides is 1. The average molecular weight is 436 g/mol. The molecular formula is C23H38FN5O2. The average Bonchev–Trinajstić information content (AvgIpc) is 3.34. The van der Waals surface area contributed by atoms with Gasteiger partial charge >= 0.3 is 6.03 Å². The van der Waals surface area contributed by atoms with Crippen molar-refractivity contribution in [1.82, 2.24) is 25.3 Å². The van der Waals surface area contributed by atoms with E-state index < -0.39 is 6.17 Å². The number of halogens is 1. The van der Waals surface area contributed by atoms with Crippen molar-refractivity contribution < 1.29 is 14.0 Å². The minimum atomic E-state index is -0.772. The summed E-state index contributed by atoms with van der Waals surface area (Å²) in [7, 11) is 1.89. The van der Waals surface area contributed by atoms with Gasteiger partial charge in [0, 0.05) is 57.3 Å². The number of carbonyl (C=O) groups excluding carboxylic acids is 2. The van der Waals surface area contributed by atoms with E-state index in [1.54, 1.807) is 0 Å². The number of hydrogen-bond donors (Lipinski definition) is 2. The van der Waals surface area contributed by atoms with Crippen molar-refractivity contribution in [3.05, 3.63) is 0 Å². The number of nitrogens with one attached hydrogen (secondary N) is 2. The van der Waals surface area contributed by atoms with Crippen molar-refractivity contribution in [3.63, 3.8) is 0 Å². The van der Waals surface area contributed by atoms with Gasteiger partial charge in [-0.1, -0.05) is 6.92 Å². The van der Waals surface area contributed by atoms with E-state index in [4.69, 9.17) is 0 Å². The van der Waals surface area contributed by atoms with Crippen LogP contribution < -0.4 is 10.6 Å². The molecule has 3 amide bonds. The Morgan fingerprint density at radius 3 is 2.74 bits per heavy atom. The van der Waals surface area contributed by atoms with Gasteiger partial charge in [-0.25, -0.2) is 9.18 Å². The van der Waals surface area contributed by atoms with Crippen molar-refractivity contribution in [2.45, 2.75) is 88.3 Å². The molecule has 3 saturated heterocycles. The molecule has 7 nitrogen and oxygen atoms in total. The summed E-state index contributed by atoms with van der Waals surface area (Å²) in [6, 6.07) is 1.01. The first-order valence-electron chi connectivity index (χ1n) is 12.4. The van der Waals surface area contributed by atoms with Crippen LogP contribution in [0.25, 0.3) is 0 Å². The van der Waals surface area contributed by atoms with Crippen LogP contribution in [0.3, 0.4) is 0 Å². The summed E-state index contributed by atoms with van der Waals surface area (Å²) in [4.78, 5) is 31.6. The molecule has 31 heavy (non-hydrogen) atoms. The maximum Gasteiger partial charge on any atom is 0.320 e. The largest absolute Gasteiger partial charge is 0.352 e. The lowest BCUT2D eigenvalue weighted by Gasteiger charge is -2.43. The van der Waals surface area contributed by atoms with Gasteiger partial charge in [0.1, 0.15) is 6.17 Å². The molecule has 0 aromatic heterocycles. The Labute approximate surface area is 185 Å². The van der Waals surface area contributed by atoms with Crippen LogP contribution in [-0.4, -0.2) is 96.2 Å². The van der Waals surface area contributed by atoms with E-state index in [-0.39, 0.29) is 36.0 Å². The quantitative estimate of drug-likeness (QED) is 0.706. The molecule has 8 heteroatoms. The number of nitrogens with zero attached hydrogens (tertiary/aromatic N) is 3. The van der Waals surface area contributed by atoms with E-state index in [0.717, 1.165) is 58.3 Å². The van der Waals surface area contributed by atoms with Crippen molar-refractivity contribution in [2.75, 3.05) is 33.2 Å². The summed E-state index contributed by atoms with van der Waals surface area (Å²) in [6.45, 7) is 5.65. The first-order chi connectivity index (χ1) is 14.9. The number of urea groups is 1. The van der Waals surface area contributed by atoms with Gasteiger partial charge in [-0.15, -0.1) is 0 Å². The van der Waals surface area contributed by atoms with E-state index in [1.165, 1.54) is 0 Å². The van der Waals surface area contributed by atoms with Crippen LogP contribution >= 0.6 is 0 Å². The molecule has 3 heterocycles. The molecule has 2 N–H and O–H groups in total. The van der Waals surface area contributed by atoms with E-state index in [2.05, 4.69) is 22.5 Å². The monoisotopic (exact) mass is 435 g/mol. The Kier molecular flexibility index (Phi) is 5.88. The first-order valence-corrected chi connectivity index (χ1v) is 12.4. The minimum absolute atomic E-state index is 0.0119. The molecule has 5 aliphatic rings. The van der Waals surface area contributed by atoms with Gasteiger partial charge in [-0.3, -0.25) is 9.69 Å². The van der Waals surface area contributed by atoms with Crippen molar-refractivity contribution in [1.29, 1.82) is 0 Å². The van der Waals surface area contributed by atoms with Gasteiger partial charge in [-0.2, -0.15) is 0 Å². The van der Waals surface area contributed by atoms with E-state index in [1.807, 2.05) is 16.8 Å². The Balaban J connectivity index is 1.14. The molecule has 0 spiro atoms. The van der Waals surface area contributed by atoms with Crippen LogP contribution in [0.15, 0.2) is 0 Å². The molecule has 5 fully saturated rings. The molecule has 8 atom stereocenters. The second-order valence-electron chi connectivity index (χ2n) is 10.7. The van der Waals surface area contributed by atoms with Crippen molar-refractivity contribution in [3.8, 4) is 0 Å². The number of rotatable bonds is 3. The van der Waals surface area contributed by atoms with Crippen LogP contribution in [-0.2, 0) is 4.79 Å². The highest BCUT2D eigenvalue weighted by atomic mass is 19.1. The minimum Gasteiger partial charge on any atom is -0.352 e. The van der Waals surface area contributed by atoms with Crippen LogP contribution in [0.1, 0.15) is 51.9 Å². The zero-order valence-corrected chi connectivity index (χ0v) is 18.9. The summed E-state index contributed by atoms with van der Waals surface area (Å²) in [5.74, 6) is 0.489.